The summed E-state index contributed by atoms with van der Waals surface area (Å²) in [5, 5.41) is 13.0. The minimum atomic E-state index is -3.67. The van der Waals surface area contributed by atoms with Crippen molar-refractivity contribution in [3.8, 4) is 11.5 Å². The molecule has 5 nitrogen and oxygen atoms in total. The highest BCUT2D eigenvalue weighted by atomic mass is 32.2. The van der Waals surface area contributed by atoms with Gasteiger partial charge in [0.1, 0.15) is 17.6 Å². The van der Waals surface area contributed by atoms with Crippen molar-refractivity contribution in [1.29, 1.82) is 0 Å². The first-order valence-electron chi connectivity index (χ1n) is 14.3. The Kier molecular flexibility index (Phi) is 12.7. The molecule has 1 unspecified atom stereocenters. The predicted molar refractivity (Wildman–Crippen MR) is 160 cm³/mol. The second-order valence-corrected chi connectivity index (χ2v) is 12.1. The van der Waals surface area contributed by atoms with E-state index in [0.717, 1.165) is 31.4 Å². The van der Waals surface area contributed by atoms with E-state index in [1.54, 1.807) is 24.3 Å². The molecule has 0 saturated carbocycles. The van der Waals surface area contributed by atoms with E-state index < -0.39 is 9.84 Å². The largest absolute Gasteiger partial charge is 0.508 e. The molecule has 3 aromatic rings. The van der Waals surface area contributed by atoms with Gasteiger partial charge in [0.05, 0.1) is 16.3 Å². The Morgan fingerprint density at radius 3 is 1.95 bits per heavy atom. The molecule has 0 aliphatic rings. The third-order valence-corrected chi connectivity index (χ3v) is 8.70. The molecule has 6 heteroatoms. The lowest BCUT2D eigenvalue weighted by atomic mass is 10.1. The van der Waals surface area contributed by atoms with Gasteiger partial charge in [-0.05, 0) is 91.9 Å². The molecule has 39 heavy (non-hydrogen) atoms. The SMILES string of the molecule is [CH2]CCc1ccc(NCC(CCCCCCCCCC)Oc2ccc(S(=O)(=O)c3ccc(O)cc3)cc2)cc1. The van der Waals surface area contributed by atoms with Crippen LogP contribution in [0.25, 0.3) is 0 Å². The maximum absolute atomic E-state index is 13.0. The molecule has 2 N–H and O–H groups in total. The number of phenolic OH excluding ortho intramolecular Hbond substituents is 1. The van der Waals surface area contributed by atoms with Crippen molar-refractivity contribution in [2.24, 2.45) is 0 Å². The quantitative estimate of drug-likeness (QED) is 0.156. The minimum absolute atomic E-state index is 0.0306. The molecule has 0 aromatic heterocycles. The van der Waals surface area contributed by atoms with Crippen LogP contribution in [0.5, 0.6) is 11.5 Å². The highest BCUT2D eigenvalue weighted by molar-refractivity contribution is 7.91. The lowest BCUT2D eigenvalue weighted by Gasteiger charge is -2.21. The summed E-state index contributed by atoms with van der Waals surface area (Å²) in [6.07, 6.45) is 12.8. The van der Waals surface area contributed by atoms with Gasteiger partial charge in [-0.2, -0.15) is 0 Å². The Labute approximate surface area is 235 Å². The number of unbranched alkanes of at least 4 members (excludes halogenated alkanes) is 7. The molecule has 0 aliphatic carbocycles. The van der Waals surface area contributed by atoms with Gasteiger partial charge in [0.25, 0.3) is 0 Å². The van der Waals surface area contributed by atoms with E-state index in [9.17, 15) is 13.5 Å². The topological polar surface area (TPSA) is 75.6 Å². The van der Waals surface area contributed by atoms with Gasteiger partial charge in [0.15, 0.2) is 0 Å². The fraction of sp³-hybridized carbons (Fsp3) is 0.424. The van der Waals surface area contributed by atoms with Crippen molar-refractivity contribution in [3.05, 3.63) is 85.3 Å². The Hall–Kier alpha value is -2.99. The fourth-order valence-corrected chi connectivity index (χ4v) is 5.85. The number of ether oxygens (including phenoxy) is 1. The first-order valence-corrected chi connectivity index (χ1v) is 15.8. The van der Waals surface area contributed by atoms with Crippen molar-refractivity contribution in [1.82, 2.24) is 0 Å². The van der Waals surface area contributed by atoms with Crippen molar-refractivity contribution in [2.45, 2.75) is 93.4 Å². The fourth-order valence-electron chi connectivity index (χ4n) is 4.58. The van der Waals surface area contributed by atoms with E-state index in [1.165, 1.54) is 74.8 Å². The standard InChI is InChI=1S/C33H44NO4S/c1-3-5-6-7-8-9-10-11-13-31(26-34-28-16-14-27(12-4-2)15-17-28)38-30-20-24-33(25-21-30)39(36,37)32-22-18-29(35)19-23-32/h14-25,31,34-35H,2-13,26H2,1H3. The third-order valence-electron chi connectivity index (χ3n) is 6.92. The normalized spacial score (nSPS) is 12.3. The molecule has 3 aromatic carbocycles. The molecular formula is C33H44NO4S. The van der Waals surface area contributed by atoms with Crippen molar-refractivity contribution in [2.75, 3.05) is 11.9 Å². The molecule has 1 radical (unpaired) electrons. The van der Waals surface area contributed by atoms with Gasteiger partial charge in [0.2, 0.25) is 9.84 Å². The molecule has 0 saturated heterocycles. The van der Waals surface area contributed by atoms with Crippen LogP contribution in [0.4, 0.5) is 5.69 Å². The summed E-state index contributed by atoms with van der Waals surface area (Å²) in [4.78, 5) is 0.340. The number of aryl methyl sites for hydroxylation is 1. The molecular weight excluding hydrogens is 506 g/mol. The van der Waals surface area contributed by atoms with Crippen molar-refractivity contribution in [3.63, 3.8) is 0 Å². The van der Waals surface area contributed by atoms with Gasteiger partial charge < -0.3 is 15.2 Å². The van der Waals surface area contributed by atoms with Crippen LogP contribution in [-0.4, -0.2) is 26.2 Å². The van der Waals surface area contributed by atoms with Crippen molar-refractivity contribution >= 4 is 15.5 Å². The smallest absolute Gasteiger partial charge is 0.206 e. The van der Waals surface area contributed by atoms with E-state index in [0.29, 0.717) is 12.3 Å². The Bertz CT molecular complexity index is 1190. The number of rotatable bonds is 18. The van der Waals surface area contributed by atoms with Crippen LogP contribution < -0.4 is 10.1 Å². The number of anilines is 1. The van der Waals surface area contributed by atoms with Crippen molar-refractivity contribution < 1.29 is 18.3 Å². The monoisotopic (exact) mass is 550 g/mol. The lowest BCUT2D eigenvalue weighted by Crippen LogP contribution is -2.26. The highest BCUT2D eigenvalue weighted by Crippen LogP contribution is 2.25. The van der Waals surface area contributed by atoms with Gasteiger partial charge in [-0.15, -0.1) is 0 Å². The molecule has 0 bridgehead atoms. The molecule has 0 amide bonds. The second-order valence-electron chi connectivity index (χ2n) is 10.2. The van der Waals surface area contributed by atoms with E-state index in [4.69, 9.17) is 4.74 Å². The maximum Gasteiger partial charge on any atom is 0.206 e. The number of aromatic hydroxyl groups is 1. The summed E-state index contributed by atoms with van der Waals surface area (Å²) < 4.78 is 32.3. The Balaban J connectivity index is 1.60. The zero-order chi connectivity index (χ0) is 27.9. The number of hydrogen-bond donors (Lipinski definition) is 2. The van der Waals surface area contributed by atoms with Crippen LogP contribution in [0.3, 0.4) is 0 Å². The number of nitrogens with one attached hydrogen (secondary N) is 1. The number of phenols is 1. The van der Waals surface area contributed by atoms with E-state index in [1.807, 2.05) is 0 Å². The predicted octanol–water partition coefficient (Wildman–Crippen LogP) is 8.38. The summed E-state index contributed by atoms with van der Waals surface area (Å²) >= 11 is 0. The summed E-state index contributed by atoms with van der Waals surface area (Å²) in [7, 11) is -3.67. The Morgan fingerprint density at radius 1 is 0.795 bits per heavy atom. The first-order chi connectivity index (χ1) is 18.9. The molecule has 0 fully saturated rings. The average molecular weight is 551 g/mol. The number of sulfone groups is 1. The Morgan fingerprint density at radius 2 is 1.36 bits per heavy atom. The lowest BCUT2D eigenvalue weighted by molar-refractivity contribution is 0.199. The molecule has 0 spiro atoms. The number of hydrogen-bond acceptors (Lipinski definition) is 5. The average Bonchev–Trinajstić information content (AvgIpc) is 2.94. The summed E-state index contributed by atoms with van der Waals surface area (Å²) in [5.74, 6) is 0.680. The van der Waals surface area contributed by atoms with E-state index >= 15 is 0 Å². The zero-order valence-corrected chi connectivity index (χ0v) is 24.1. The molecule has 0 heterocycles. The summed E-state index contributed by atoms with van der Waals surface area (Å²) in [6, 6.07) is 20.7. The maximum atomic E-state index is 13.0. The highest BCUT2D eigenvalue weighted by Gasteiger charge is 2.18. The first kappa shape index (κ1) is 30.6. The molecule has 211 valence electrons. The third kappa shape index (κ3) is 10.2. The van der Waals surface area contributed by atoms with Gasteiger partial charge in [-0.3, -0.25) is 0 Å². The van der Waals surface area contributed by atoms with Crippen LogP contribution in [0, 0.1) is 6.92 Å². The number of benzene rings is 3. The molecule has 1 atom stereocenters. The second kappa shape index (κ2) is 16.2. The van der Waals surface area contributed by atoms with Crippen LogP contribution in [0.1, 0.15) is 76.7 Å². The van der Waals surface area contributed by atoms with E-state index in [2.05, 4.69) is 43.4 Å². The molecule has 0 aliphatic heterocycles. The van der Waals surface area contributed by atoms with E-state index in [-0.39, 0.29) is 21.6 Å². The molecule has 3 rings (SSSR count). The van der Waals surface area contributed by atoms with Gasteiger partial charge >= 0.3 is 0 Å². The summed E-state index contributed by atoms with van der Waals surface area (Å²) in [6.45, 7) is 6.83. The van der Waals surface area contributed by atoms with Crippen LogP contribution in [0.2, 0.25) is 0 Å². The van der Waals surface area contributed by atoms with Crippen LogP contribution in [-0.2, 0) is 16.3 Å². The van der Waals surface area contributed by atoms with Gasteiger partial charge in [0, 0.05) is 5.69 Å². The van der Waals surface area contributed by atoms with Crippen LogP contribution in [0.15, 0.2) is 82.6 Å². The minimum Gasteiger partial charge on any atom is -0.508 e. The van der Waals surface area contributed by atoms with Crippen LogP contribution >= 0.6 is 0 Å². The zero-order valence-electron chi connectivity index (χ0n) is 23.3. The van der Waals surface area contributed by atoms with Gasteiger partial charge in [-0.1, -0.05) is 70.9 Å². The summed E-state index contributed by atoms with van der Waals surface area (Å²) in [5.41, 5.74) is 2.34. The van der Waals surface area contributed by atoms with Gasteiger partial charge in [-0.25, -0.2) is 8.42 Å².